The van der Waals surface area contributed by atoms with Gasteiger partial charge in [-0.25, -0.2) is 0 Å². The van der Waals surface area contributed by atoms with E-state index in [2.05, 4.69) is 0 Å². The Morgan fingerprint density at radius 1 is 1.00 bits per heavy atom. The summed E-state index contributed by atoms with van der Waals surface area (Å²) in [5.74, 6) is 0. The molecule has 0 aliphatic heterocycles. The second kappa shape index (κ2) is 5.24. The van der Waals surface area contributed by atoms with Gasteiger partial charge in [-0.15, -0.1) is 0 Å². The van der Waals surface area contributed by atoms with Crippen molar-refractivity contribution in [3.63, 3.8) is 0 Å². The smallest absolute Gasteiger partial charge is 0.195 e. The van der Waals surface area contributed by atoms with Gasteiger partial charge in [-0.2, -0.15) is 39.2 Å². The lowest BCUT2D eigenvalue weighted by atomic mass is 10.1. The van der Waals surface area contributed by atoms with Crippen molar-refractivity contribution in [1.82, 2.24) is 0 Å². The summed E-state index contributed by atoms with van der Waals surface area (Å²) < 4.78 is 97.4. The number of halogens is 7. The second-order valence-corrected chi connectivity index (χ2v) is 5.40. The molecule has 3 nitrogen and oxygen atoms in total. The lowest BCUT2D eigenvalue weighted by Crippen LogP contribution is -2.29. The number of rotatable bonds is 2. The normalized spacial score (nSPS) is 14.4. The molecule has 0 heterocycles. The summed E-state index contributed by atoms with van der Waals surface area (Å²) in [6.07, 6.45) is -5.38. The molecule has 1 aromatic carbocycles. The fourth-order valence-corrected chi connectivity index (χ4v) is 1.73. The Kier molecular flexibility index (Phi) is 4.39. The maximum Gasteiger partial charge on any atom is 0.518 e. The summed E-state index contributed by atoms with van der Waals surface area (Å²) >= 11 is 5.42. The van der Waals surface area contributed by atoms with Crippen LogP contribution in [-0.2, 0) is 10.0 Å². The highest BCUT2D eigenvalue weighted by Crippen LogP contribution is 2.29. The van der Waals surface area contributed by atoms with E-state index in [0.29, 0.717) is 12.1 Å². The van der Waals surface area contributed by atoms with E-state index in [0.717, 1.165) is 12.1 Å². The Morgan fingerprint density at radius 2 is 1.45 bits per heavy atom. The monoisotopic (exact) mass is 339 g/mol. The van der Waals surface area contributed by atoms with Crippen molar-refractivity contribution in [1.29, 1.82) is 0 Å². The number of alkyl halides is 6. The summed E-state index contributed by atoms with van der Waals surface area (Å²) in [7, 11) is -6.30. The summed E-state index contributed by atoms with van der Waals surface area (Å²) in [6.45, 7) is 0. The minimum absolute atomic E-state index is 0.0222. The predicted octanol–water partition coefficient (Wildman–Crippen LogP) is 3.54. The van der Waals surface area contributed by atoms with Gasteiger partial charge in [0.2, 0.25) is 0 Å². The van der Waals surface area contributed by atoms with E-state index in [1.165, 1.54) is 0 Å². The molecule has 0 saturated heterocycles. The molecular formula is C9H4ClF6NO2S. The molecule has 20 heavy (non-hydrogen) atoms. The van der Waals surface area contributed by atoms with E-state index in [1.807, 2.05) is 4.40 Å². The van der Waals surface area contributed by atoms with Crippen molar-refractivity contribution in [3.8, 4) is 0 Å². The van der Waals surface area contributed by atoms with Crippen molar-refractivity contribution in [2.45, 2.75) is 11.7 Å². The molecule has 0 radical (unpaired) electrons. The molecule has 0 saturated carbocycles. The predicted molar refractivity (Wildman–Crippen MR) is 59.0 cm³/mol. The van der Waals surface area contributed by atoms with Gasteiger partial charge in [0.05, 0.1) is 0 Å². The van der Waals surface area contributed by atoms with Crippen molar-refractivity contribution in [3.05, 3.63) is 34.9 Å². The van der Waals surface area contributed by atoms with Crippen molar-refractivity contribution in [2.24, 2.45) is 4.40 Å². The van der Waals surface area contributed by atoms with Crippen LogP contribution < -0.4 is 0 Å². The first kappa shape index (κ1) is 16.8. The zero-order chi connectivity index (χ0) is 15.8. The van der Waals surface area contributed by atoms with Crippen LogP contribution in [0.1, 0.15) is 5.56 Å². The van der Waals surface area contributed by atoms with Gasteiger partial charge in [0, 0.05) is 10.6 Å². The maximum atomic E-state index is 12.6. The molecule has 1 rings (SSSR count). The van der Waals surface area contributed by atoms with Crippen LogP contribution in [0.3, 0.4) is 0 Å². The summed E-state index contributed by atoms with van der Waals surface area (Å²) in [4.78, 5) is 0. The second-order valence-electron chi connectivity index (χ2n) is 3.37. The minimum Gasteiger partial charge on any atom is -0.195 e. The zero-order valence-corrected chi connectivity index (χ0v) is 10.7. The van der Waals surface area contributed by atoms with E-state index < -0.39 is 33.0 Å². The first-order valence-electron chi connectivity index (χ1n) is 4.59. The Morgan fingerprint density at radius 3 is 1.80 bits per heavy atom. The highest BCUT2D eigenvalue weighted by atomic mass is 35.5. The molecule has 11 heteroatoms. The Labute approximate surface area is 113 Å². The maximum absolute atomic E-state index is 12.6. The minimum atomic E-state index is -6.30. The van der Waals surface area contributed by atoms with Crippen molar-refractivity contribution >= 4 is 27.3 Å². The lowest BCUT2D eigenvalue weighted by Gasteiger charge is -2.11. The molecule has 1 aromatic rings. The molecule has 0 N–H and O–H groups in total. The number of benzene rings is 1. The lowest BCUT2D eigenvalue weighted by molar-refractivity contribution is -0.0582. The Hall–Kier alpha value is -1.29. The van der Waals surface area contributed by atoms with E-state index >= 15 is 0 Å². The van der Waals surface area contributed by atoms with Crippen LogP contribution in [0.15, 0.2) is 28.7 Å². The molecule has 0 spiro atoms. The number of hydrogen-bond donors (Lipinski definition) is 0. The molecule has 0 aliphatic rings. The number of nitrogens with zero attached hydrogens (tertiary/aromatic N) is 1. The molecule has 0 aliphatic carbocycles. The summed E-state index contributed by atoms with van der Waals surface area (Å²) in [6, 6.07) is 3.33. The average molecular weight is 340 g/mol. The zero-order valence-electron chi connectivity index (χ0n) is 9.13. The summed E-state index contributed by atoms with van der Waals surface area (Å²) in [5.41, 5.74) is -8.95. The molecular weight excluding hydrogens is 336 g/mol. The van der Waals surface area contributed by atoms with E-state index in [4.69, 9.17) is 11.6 Å². The largest absolute Gasteiger partial charge is 0.518 e. The molecule has 112 valence electrons. The van der Waals surface area contributed by atoms with Crippen molar-refractivity contribution < 1.29 is 34.8 Å². The van der Waals surface area contributed by atoms with Gasteiger partial charge in [0.25, 0.3) is 0 Å². The van der Waals surface area contributed by atoms with Crippen LogP contribution in [0.25, 0.3) is 0 Å². The first-order chi connectivity index (χ1) is 8.84. The molecule has 0 fully saturated rings. The highest BCUT2D eigenvalue weighted by Gasteiger charge is 2.49. The molecule has 0 bridgehead atoms. The molecule has 0 amide bonds. The van der Waals surface area contributed by atoms with Crippen molar-refractivity contribution in [2.75, 3.05) is 0 Å². The SMILES string of the molecule is O=S(=O)(N=C(c1ccc(Cl)cc1)C(F)(F)F)C(F)(F)F. The van der Waals surface area contributed by atoms with E-state index in [1.54, 1.807) is 0 Å². The van der Waals surface area contributed by atoms with Crippen LogP contribution in [0, 0.1) is 0 Å². The van der Waals surface area contributed by atoms with Crippen LogP contribution >= 0.6 is 11.6 Å². The molecule has 0 atom stereocenters. The van der Waals surface area contributed by atoms with Gasteiger partial charge >= 0.3 is 21.7 Å². The van der Waals surface area contributed by atoms with Crippen LogP contribution in [0.5, 0.6) is 0 Å². The van der Waals surface area contributed by atoms with Gasteiger partial charge in [0.15, 0.2) is 5.71 Å². The van der Waals surface area contributed by atoms with Gasteiger partial charge in [-0.05, 0) is 12.1 Å². The topological polar surface area (TPSA) is 46.5 Å². The van der Waals surface area contributed by atoms with Gasteiger partial charge in [-0.1, -0.05) is 23.7 Å². The molecule has 0 unspecified atom stereocenters. The third-order valence-corrected chi connectivity index (χ3v) is 3.15. The number of hydrogen-bond acceptors (Lipinski definition) is 2. The Bertz CT molecular complexity index is 617. The van der Waals surface area contributed by atoms with Gasteiger partial charge in [-0.3, -0.25) is 0 Å². The fourth-order valence-electron chi connectivity index (χ4n) is 1.05. The third kappa shape index (κ3) is 3.85. The fraction of sp³-hybridized carbons (Fsp3) is 0.222. The average Bonchev–Trinajstić information content (AvgIpc) is 2.24. The van der Waals surface area contributed by atoms with Crippen LogP contribution in [0.2, 0.25) is 5.02 Å². The highest BCUT2D eigenvalue weighted by molar-refractivity contribution is 7.91. The van der Waals surface area contributed by atoms with E-state index in [9.17, 15) is 34.8 Å². The van der Waals surface area contributed by atoms with E-state index in [-0.39, 0.29) is 5.02 Å². The first-order valence-corrected chi connectivity index (χ1v) is 6.41. The third-order valence-electron chi connectivity index (χ3n) is 1.89. The molecule has 0 aromatic heterocycles. The number of sulfonamides is 1. The van der Waals surface area contributed by atoms with Gasteiger partial charge in [0.1, 0.15) is 0 Å². The van der Waals surface area contributed by atoms with Gasteiger partial charge < -0.3 is 0 Å². The quantitative estimate of drug-likeness (QED) is 0.611. The Balaban J connectivity index is 3.47. The summed E-state index contributed by atoms with van der Waals surface area (Å²) in [5, 5.41) is 0.0222. The standard InChI is InChI=1S/C9H4ClF6NO2S/c10-6-3-1-5(2-4-6)7(8(11,12)13)17-20(18,19)9(14,15)16/h1-4H. The van der Waals surface area contributed by atoms with Crippen LogP contribution in [-0.4, -0.2) is 25.8 Å². The van der Waals surface area contributed by atoms with Crippen LogP contribution in [0.4, 0.5) is 26.3 Å².